The van der Waals surface area contributed by atoms with Crippen LogP contribution in [0.4, 0.5) is 11.4 Å². The van der Waals surface area contributed by atoms with Crippen LogP contribution >= 0.6 is 0 Å². The molecule has 1 aliphatic rings. The number of anilines is 2. The number of esters is 1. The van der Waals surface area contributed by atoms with Crippen molar-refractivity contribution in [2.45, 2.75) is 20.0 Å². The van der Waals surface area contributed by atoms with Crippen molar-refractivity contribution in [3.8, 4) is 5.75 Å². The molecule has 1 amide bonds. The number of piperazine rings is 1. The number of hydrogen-bond acceptors (Lipinski definition) is 7. The number of amides is 1. The van der Waals surface area contributed by atoms with Gasteiger partial charge in [0, 0.05) is 50.2 Å². The Labute approximate surface area is 216 Å². The van der Waals surface area contributed by atoms with E-state index in [1.54, 1.807) is 42.0 Å². The van der Waals surface area contributed by atoms with E-state index in [1.807, 2.05) is 18.2 Å². The average molecular weight is 505 g/mol. The molecule has 1 fully saturated rings. The Bertz CT molecular complexity index is 1280. The van der Waals surface area contributed by atoms with Crippen molar-refractivity contribution in [3.63, 3.8) is 0 Å². The molecule has 0 unspecified atom stereocenters. The van der Waals surface area contributed by atoms with E-state index in [9.17, 15) is 14.4 Å². The maximum Gasteiger partial charge on any atom is 0.340 e. The molecule has 1 saturated heterocycles. The summed E-state index contributed by atoms with van der Waals surface area (Å²) in [6, 6.07) is 18.5. The predicted molar refractivity (Wildman–Crippen MR) is 142 cm³/mol. The van der Waals surface area contributed by atoms with Crippen molar-refractivity contribution in [2.24, 2.45) is 0 Å². The van der Waals surface area contributed by atoms with Crippen LogP contribution in [0.15, 0.2) is 71.7 Å². The van der Waals surface area contributed by atoms with Crippen molar-refractivity contribution >= 4 is 23.3 Å². The van der Waals surface area contributed by atoms with Crippen molar-refractivity contribution in [1.82, 2.24) is 9.47 Å². The lowest BCUT2D eigenvalue weighted by molar-refractivity contribution is -0.116. The summed E-state index contributed by atoms with van der Waals surface area (Å²) in [5.41, 5.74) is 2.34. The molecule has 0 saturated carbocycles. The third kappa shape index (κ3) is 6.56. The van der Waals surface area contributed by atoms with Crippen molar-refractivity contribution in [3.05, 3.63) is 88.3 Å². The van der Waals surface area contributed by atoms with Crippen molar-refractivity contribution in [1.29, 1.82) is 0 Å². The van der Waals surface area contributed by atoms with Crippen LogP contribution in [0.25, 0.3) is 0 Å². The molecule has 1 aliphatic heterocycles. The Morgan fingerprint density at radius 1 is 0.973 bits per heavy atom. The molecule has 0 atom stereocenters. The lowest BCUT2D eigenvalue weighted by Crippen LogP contribution is -2.46. The van der Waals surface area contributed by atoms with Crippen molar-refractivity contribution < 1.29 is 19.1 Å². The van der Waals surface area contributed by atoms with Gasteiger partial charge in [0.2, 0.25) is 11.3 Å². The highest BCUT2D eigenvalue weighted by molar-refractivity contribution is 6.01. The van der Waals surface area contributed by atoms with Crippen LogP contribution in [0.3, 0.4) is 0 Å². The summed E-state index contributed by atoms with van der Waals surface area (Å²) in [6.45, 7) is 5.84. The van der Waals surface area contributed by atoms with Gasteiger partial charge in [-0.25, -0.2) is 4.79 Å². The number of methoxy groups -OCH3 is 1. The molecule has 0 spiro atoms. The van der Waals surface area contributed by atoms with Gasteiger partial charge < -0.3 is 24.3 Å². The number of carbonyl (C=O) groups excluding carboxylic acids is 2. The van der Waals surface area contributed by atoms with Gasteiger partial charge in [-0.2, -0.15) is 0 Å². The molecule has 2 heterocycles. The zero-order chi connectivity index (χ0) is 26.2. The number of nitrogens with zero attached hydrogens (tertiary/aromatic N) is 3. The molecule has 0 radical (unpaired) electrons. The Kier molecular flexibility index (Phi) is 8.58. The first kappa shape index (κ1) is 26.0. The molecular formula is C28H32N4O5. The van der Waals surface area contributed by atoms with Crippen LogP contribution in [0.1, 0.15) is 23.0 Å². The minimum absolute atomic E-state index is 0.0485. The van der Waals surface area contributed by atoms with Gasteiger partial charge in [-0.1, -0.05) is 30.3 Å². The quantitative estimate of drug-likeness (QED) is 0.448. The number of benzene rings is 2. The smallest absolute Gasteiger partial charge is 0.340 e. The lowest BCUT2D eigenvalue weighted by atomic mass is 10.2. The lowest BCUT2D eigenvalue weighted by Gasteiger charge is -2.36. The van der Waals surface area contributed by atoms with Gasteiger partial charge in [0.1, 0.15) is 6.54 Å². The predicted octanol–water partition coefficient (Wildman–Crippen LogP) is 2.99. The third-order valence-electron chi connectivity index (χ3n) is 6.29. The number of carbonyl (C=O) groups is 2. The third-order valence-corrected chi connectivity index (χ3v) is 6.29. The van der Waals surface area contributed by atoms with Crippen LogP contribution in [0, 0.1) is 0 Å². The summed E-state index contributed by atoms with van der Waals surface area (Å²) in [5, 5.41) is 2.81. The molecular weight excluding hydrogens is 472 g/mol. The van der Waals surface area contributed by atoms with Gasteiger partial charge in [-0.3, -0.25) is 14.5 Å². The van der Waals surface area contributed by atoms with Gasteiger partial charge in [-0.05, 0) is 31.2 Å². The van der Waals surface area contributed by atoms with Gasteiger partial charge >= 0.3 is 5.97 Å². The van der Waals surface area contributed by atoms with E-state index >= 15 is 0 Å². The molecule has 3 aromatic rings. The highest BCUT2D eigenvalue weighted by atomic mass is 16.5. The normalized spacial score (nSPS) is 13.7. The minimum Gasteiger partial charge on any atom is -0.491 e. The molecule has 9 heteroatoms. The Morgan fingerprint density at radius 2 is 1.68 bits per heavy atom. The molecule has 194 valence electrons. The largest absolute Gasteiger partial charge is 0.491 e. The number of nitrogens with one attached hydrogen (secondary N) is 1. The monoisotopic (exact) mass is 504 g/mol. The summed E-state index contributed by atoms with van der Waals surface area (Å²) in [7, 11) is 1.43. The van der Waals surface area contributed by atoms with Crippen LogP contribution in [-0.4, -0.2) is 61.2 Å². The maximum atomic E-state index is 13.0. The fourth-order valence-electron chi connectivity index (χ4n) is 4.39. The first-order chi connectivity index (χ1) is 18.0. The summed E-state index contributed by atoms with van der Waals surface area (Å²) in [5.74, 6) is -0.672. The van der Waals surface area contributed by atoms with E-state index in [0.717, 1.165) is 26.2 Å². The summed E-state index contributed by atoms with van der Waals surface area (Å²) < 4.78 is 12.0. The van der Waals surface area contributed by atoms with E-state index in [-0.39, 0.29) is 35.8 Å². The average Bonchev–Trinajstić information content (AvgIpc) is 2.91. The highest BCUT2D eigenvalue weighted by Gasteiger charge is 2.20. The van der Waals surface area contributed by atoms with Crippen LogP contribution < -0.4 is 20.4 Å². The topological polar surface area (TPSA) is 93.1 Å². The SMILES string of the molecule is CCOC(=O)c1ccccc1NC(=O)Cn1cc(OC)c(=O)cc1CN1CCN(c2ccccc2)CC1. The van der Waals surface area contributed by atoms with E-state index in [1.165, 1.54) is 18.9 Å². The van der Waals surface area contributed by atoms with Gasteiger partial charge in [0.15, 0.2) is 5.75 Å². The van der Waals surface area contributed by atoms with Gasteiger partial charge in [0.25, 0.3) is 0 Å². The second kappa shape index (κ2) is 12.2. The first-order valence-electron chi connectivity index (χ1n) is 12.3. The Hall–Kier alpha value is -4.11. The first-order valence-corrected chi connectivity index (χ1v) is 12.3. The number of pyridine rings is 1. The number of ether oxygens (including phenoxy) is 2. The summed E-state index contributed by atoms with van der Waals surface area (Å²) >= 11 is 0. The minimum atomic E-state index is -0.501. The molecule has 2 aromatic carbocycles. The summed E-state index contributed by atoms with van der Waals surface area (Å²) in [6.07, 6.45) is 1.56. The standard InChI is InChI=1S/C28H32N4O5/c1-3-37-28(35)23-11-7-8-12-24(23)29-27(34)20-32-19-26(36-2)25(33)17-22(32)18-30-13-15-31(16-14-30)21-9-5-4-6-10-21/h4-12,17,19H,3,13-16,18,20H2,1-2H3,(H,29,34). The fourth-order valence-corrected chi connectivity index (χ4v) is 4.39. The fraction of sp³-hybridized carbons (Fsp3) is 0.321. The Balaban J connectivity index is 1.47. The molecule has 4 rings (SSSR count). The maximum absolute atomic E-state index is 13.0. The molecule has 0 bridgehead atoms. The van der Waals surface area contributed by atoms with Crippen molar-refractivity contribution in [2.75, 3.05) is 50.1 Å². The number of hydrogen-bond donors (Lipinski definition) is 1. The second-order valence-corrected chi connectivity index (χ2v) is 8.74. The molecule has 0 aliphatic carbocycles. The van der Waals surface area contributed by atoms with E-state index < -0.39 is 5.97 Å². The molecule has 1 aromatic heterocycles. The van der Waals surface area contributed by atoms with Gasteiger partial charge in [-0.15, -0.1) is 0 Å². The zero-order valence-corrected chi connectivity index (χ0v) is 21.2. The number of aromatic nitrogens is 1. The zero-order valence-electron chi connectivity index (χ0n) is 21.2. The van der Waals surface area contributed by atoms with Crippen LogP contribution in [0.5, 0.6) is 5.75 Å². The highest BCUT2D eigenvalue weighted by Crippen LogP contribution is 2.19. The van der Waals surface area contributed by atoms with E-state index in [4.69, 9.17) is 9.47 Å². The number of para-hydroxylation sites is 2. The van der Waals surface area contributed by atoms with Crippen LogP contribution in [0.2, 0.25) is 0 Å². The summed E-state index contributed by atoms with van der Waals surface area (Å²) in [4.78, 5) is 42.4. The van der Waals surface area contributed by atoms with E-state index in [0.29, 0.717) is 17.9 Å². The molecule has 37 heavy (non-hydrogen) atoms. The number of rotatable bonds is 9. The van der Waals surface area contributed by atoms with E-state index in [2.05, 4.69) is 27.2 Å². The van der Waals surface area contributed by atoms with Gasteiger partial charge in [0.05, 0.1) is 31.2 Å². The Morgan fingerprint density at radius 3 is 2.38 bits per heavy atom. The molecule has 1 N–H and O–H groups in total. The molecule has 9 nitrogen and oxygen atoms in total. The van der Waals surface area contributed by atoms with Crippen LogP contribution in [-0.2, 0) is 22.6 Å². The second-order valence-electron chi connectivity index (χ2n) is 8.74.